The lowest BCUT2D eigenvalue weighted by atomic mass is 10.1. The van der Waals surface area contributed by atoms with Gasteiger partial charge in [0.1, 0.15) is 5.76 Å². The van der Waals surface area contributed by atoms with Gasteiger partial charge in [0, 0.05) is 6.54 Å². The monoisotopic (exact) mass is 346 g/mol. The molecule has 0 saturated carbocycles. The Bertz CT molecular complexity index is 697. The van der Waals surface area contributed by atoms with Gasteiger partial charge in [-0.2, -0.15) is 0 Å². The molecule has 1 fully saturated rings. The molecule has 1 aliphatic rings. The van der Waals surface area contributed by atoms with Crippen molar-refractivity contribution in [1.82, 2.24) is 10.2 Å². The molecule has 1 saturated heterocycles. The fourth-order valence-corrected chi connectivity index (χ4v) is 3.22. The van der Waals surface area contributed by atoms with Crippen molar-refractivity contribution < 1.29 is 18.3 Å². The Morgan fingerprint density at radius 3 is 2.80 bits per heavy atom. The number of hydrogen-bond donors (Lipinski definition) is 1. The number of hydrogen-bond acceptors (Lipinski definition) is 4. The second-order valence-corrected chi connectivity index (χ2v) is 6.22. The molecule has 25 heavy (non-hydrogen) atoms. The number of methoxy groups -OCH3 is 1. The van der Waals surface area contributed by atoms with Crippen LogP contribution in [0, 0.1) is 5.82 Å². The van der Waals surface area contributed by atoms with Crippen LogP contribution in [0.1, 0.15) is 30.2 Å². The number of nitrogens with zero attached hydrogens (tertiary/aromatic N) is 1. The molecule has 3 rings (SSSR count). The standard InChI is InChI=1S/C19H23FN2O3/c1-24-17-7-6-14(11-15(17)20)12-19(23)21-13-16(18-5-4-10-25-18)22-8-2-3-9-22/h4-7,10-11,16H,2-3,8-9,12-13H2,1H3,(H,21,23). The minimum Gasteiger partial charge on any atom is -0.494 e. The van der Waals surface area contributed by atoms with Crippen molar-refractivity contribution in [3.05, 3.63) is 53.7 Å². The maximum absolute atomic E-state index is 13.7. The van der Waals surface area contributed by atoms with Gasteiger partial charge in [-0.15, -0.1) is 0 Å². The molecule has 0 bridgehead atoms. The van der Waals surface area contributed by atoms with Gasteiger partial charge in [-0.25, -0.2) is 4.39 Å². The molecule has 1 unspecified atom stereocenters. The predicted molar refractivity (Wildman–Crippen MR) is 91.9 cm³/mol. The SMILES string of the molecule is COc1ccc(CC(=O)NCC(c2ccco2)N2CCCC2)cc1F. The second-order valence-electron chi connectivity index (χ2n) is 6.22. The minimum absolute atomic E-state index is 0.0362. The average molecular weight is 346 g/mol. The third kappa shape index (κ3) is 4.39. The summed E-state index contributed by atoms with van der Waals surface area (Å²) in [7, 11) is 1.41. The molecule has 134 valence electrons. The molecule has 0 spiro atoms. The molecular weight excluding hydrogens is 323 g/mol. The molecule has 1 N–H and O–H groups in total. The van der Waals surface area contributed by atoms with E-state index in [0.717, 1.165) is 31.7 Å². The van der Waals surface area contributed by atoms with Crippen LogP contribution in [0.25, 0.3) is 0 Å². The molecule has 1 aromatic carbocycles. The van der Waals surface area contributed by atoms with E-state index in [1.807, 2.05) is 12.1 Å². The van der Waals surface area contributed by atoms with Gasteiger partial charge < -0.3 is 14.5 Å². The van der Waals surface area contributed by atoms with Crippen molar-refractivity contribution in [3.8, 4) is 5.75 Å². The molecular formula is C19H23FN2O3. The van der Waals surface area contributed by atoms with Gasteiger partial charge in [0.25, 0.3) is 0 Å². The van der Waals surface area contributed by atoms with Crippen LogP contribution in [0.2, 0.25) is 0 Å². The van der Waals surface area contributed by atoms with Gasteiger partial charge in [0.05, 0.1) is 25.8 Å². The van der Waals surface area contributed by atoms with Crippen molar-refractivity contribution >= 4 is 5.91 Å². The van der Waals surface area contributed by atoms with E-state index < -0.39 is 5.82 Å². The van der Waals surface area contributed by atoms with Crippen LogP contribution >= 0.6 is 0 Å². The van der Waals surface area contributed by atoms with E-state index in [9.17, 15) is 9.18 Å². The second kappa shape index (κ2) is 8.16. The normalized spacial score (nSPS) is 15.9. The van der Waals surface area contributed by atoms with Crippen LogP contribution in [0.3, 0.4) is 0 Å². The van der Waals surface area contributed by atoms with Crippen LogP contribution in [-0.2, 0) is 11.2 Å². The number of carbonyl (C=O) groups is 1. The molecule has 5 nitrogen and oxygen atoms in total. The van der Waals surface area contributed by atoms with E-state index in [0.29, 0.717) is 12.1 Å². The van der Waals surface area contributed by atoms with E-state index in [-0.39, 0.29) is 24.1 Å². The fourth-order valence-electron chi connectivity index (χ4n) is 3.22. The molecule has 1 aromatic heterocycles. The number of nitrogens with one attached hydrogen (secondary N) is 1. The Balaban J connectivity index is 1.59. The molecule has 6 heteroatoms. The molecule has 0 radical (unpaired) electrons. The van der Waals surface area contributed by atoms with Gasteiger partial charge >= 0.3 is 0 Å². The van der Waals surface area contributed by atoms with Gasteiger partial charge in [0.15, 0.2) is 11.6 Å². The molecule has 1 aliphatic heterocycles. The molecule has 2 aromatic rings. The predicted octanol–water partition coefficient (Wildman–Crippen LogP) is 2.92. The number of benzene rings is 1. The summed E-state index contributed by atoms with van der Waals surface area (Å²) in [5.41, 5.74) is 0.617. The van der Waals surface area contributed by atoms with Crippen molar-refractivity contribution in [2.45, 2.75) is 25.3 Å². The van der Waals surface area contributed by atoms with Crippen LogP contribution < -0.4 is 10.1 Å². The number of halogens is 1. The van der Waals surface area contributed by atoms with Gasteiger partial charge in [-0.1, -0.05) is 6.07 Å². The van der Waals surface area contributed by atoms with E-state index in [4.69, 9.17) is 9.15 Å². The first-order valence-corrected chi connectivity index (χ1v) is 8.54. The minimum atomic E-state index is -0.460. The fraction of sp³-hybridized carbons (Fsp3) is 0.421. The lowest BCUT2D eigenvalue weighted by molar-refractivity contribution is -0.120. The van der Waals surface area contributed by atoms with Gasteiger partial charge in [-0.05, 0) is 55.8 Å². The number of likely N-dealkylation sites (tertiary alicyclic amines) is 1. The third-order valence-corrected chi connectivity index (χ3v) is 4.53. The summed E-state index contributed by atoms with van der Waals surface area (Å²) >= 11 is 0. The largest absolute Gasteiger partial charge is 0.494 e. The Morgan fingerprint density at radius 2 is 2.16 bits per heavy atom. The highest BCUT2D eigenvalue weighted by Gasteiger charge is 2.25. The van der Waals surface area contributed by atoms with Crippen LogP contribution in [0.5, 0.6) is 5.75 Å². The number of ether oxygens (including phenoxy) is 1. The van der Waals surface area contributed by atoms with E-state index >= 15 is 0 Å². The zero-order valence-corrected chi connectivity index (χ0v) is 14.3. The topological polar surface area (TPSA) is 54.7 Å². The number of amides is 1. The lowest BCUT2D eigenvalue weighted by Crippen LogP contribution is -2.37. The lowest BCUT2D eigenvalue weighted by Gasteiger charge is -2.26. The van der Waals surface area contributed by atoms with Crippen LogP contribution in [0.15, 0.2) is 41.0 Å². The van der Waals surface area contributed by atoms with Crippen molar-refractivity contribution in [3.63, 3.8) is 0 Å². The van der Waals surface area contributed by atoms with Crippen LogP contribution in [-0.4, -0.2) is 37.6 Å². The highest BCUT2D eigenvalue weighted by Crippen LogP contribution is 2.25. The van der Waals surface area contributed by atoms with E-state index in [1.165, 1.54) is 19.2 Å². The highest BCUT2D eigenvalue weighted by atomic mass is 19.1. The zero-order valence-electron chi connectivity index (χ0n) is 14.3. The third-order valence-electron chi connectivity index (χ3n) is 4.53. The summed E-state index contributed by atoms with van der Waals surface area (Å²) in [6, 6.07) is 8.41. The van der Waals surface area contributed by atoms with E-state index in [2.05, 4.69) is 10.2 Å². The maximum Gasteiger partial charge on any atom is 0.224 e. The van der Waals surface area contributed by atoms with Gasteiger partial charge in [0.2, 0.25) is 5.91 Å². The summed E-state index contributed by atoms with van der Waals surface area (Å²) in [5.74, 6) is 0.437. The first kappa shape index (κ1) is 17.5. The molecule has 0 aliphatic carbocycles. The van der Waals surface area contributed by atoms with Crippen molar-refractivity contribution in [2.75, 3.05) is 26.7 Å². The Labute approximate surface area is 146 Å². The van der Waals surface area contributed by atoms with Crippen LogP contribution in [0.4, 0.5) is 4.39 Å². The highest BCUT2D eigenvalue weighted by molar-refractivity contribution is 5.78. The summed E-state index contributed by atoms with van der Waals surface area (Å²) in [6.07, 6.45) is 4.11. The maximum atomic E-state index is 13.7. The Morgan fingerprint density at radius 1 is 1.36 bits per heavy atom. The van der Waals surface area contributed by atoms with Crippen molar-refractivity contribution in [2.24, 2.45) is 0 Å². The smallest absolute Gasteiger partial charge is 0.224 e. The van der Waals surface area contributed by atoms with Gasteiger partial charge in [-0.3, -0.25) is 9.69 Å². The number of rotatable bonds is 7. The molecule has 1 atom stereocenters. The zero-order chi connectivity index (χ0) is 17.6. The molecule has 1 amide bonds. The molecule has 2 heterocycles. The summed E-state index contributed by atoms with van der Waals surface area (Å²) in [5, 5.41) is 2.95. The summed E-state index contributed by atoms with van der Waals surface area (Å²) in [4.78, 5) is 14.6. The van der Waals surface area contributed by atoms with Crippen molar-refractivity contribution in [1.29, 1.82) is 0 Å². The van der Waals surface area contributed by atoms with E-state index in [1.54, 1.807) is 12.3 Å². The average Bonchev–Trinajstić information content (AvgIpc) is 3.29. The summed E-state index contributed by atoms with van der Waals surface area (Å²) < 4.78 is 24.2. The number of carbonyl (C=O) groups excluding carboxylic acids is 1. The Hall–Kier alpha value is -2.34. The first-order chi connectivity index (χ1) is 12.2. The number of furan rings is 1. The summed E-state index contributed by atoms with van der Waals surface area (Å²) in [6.45, 7) is 2.49. The Kier molecular flexibility index (Phi) is 5.71. The quantitative estimate of drug-likeness (QED) is 0.837. The first-order valence-electron chi connectivity index (χ1n) is 8.54.